The van der Waals surface area contributed by atoms with Crippen molar-refractivity contribution in [3.63, 3.8) is 0 Å². The van der Waals surface area contributed by atoms with Crippen molar-refractivity contribution in [1.82, 2.24) is 9.97 Å². The highest BCUT2D eigenvalue weighted by molar-refractivity contribution is 9.10. The monoisotopic (exact) mass is 495 g/mol. The van der Waals surface area contributed by atoms with Crippen molar-refractivity contribution in [3.8, 4) is 11.5 Å². The molecule has 1 heterocycles. The van der Waals surface area contributed by atoms with Crippen LogP contribution in [-0.2, 0) is 4.74 Å². The highest BCUT2D eigenvalue weighted by Crippen LogP contribution is 2.26. The minimum Gasteiger partial charge on any atom is -0.457 e. The molecule has 3 aromatic carbocycles. The first-order chi connectivity index (χ1) is 15.5. The van der Waals surface area contributed by atoms with Crippen molar-refractivity contribution < 1.29 is 19.1 Å². The Morgan fingerprint density at radius 2 is 1.66 bits per heavy atom. The van der Waals surface area contributed by atoms with Gasteiger partial charge in [0.15, 0.2) is 0 Å². The van der Waals surface area contributed by atoms with Gasteiger partial charge in [0.25, 0.3) is 0 Å². The van der Waals surface area contributed by atoms with Crippen molar-refractivity contribution in [2.75, 3.05) is 23.1 Å². The molecule has 0 aliphatic rings. The molecule has 3 amide bonds. The van der Waals surface area contributed by atoms with Gasteiger partial charge in [-0.2, -0.15) is 0 Å². The molecule has 0 bridgehead atoms. The number of hydrogen-bond acceptors (Lipinski definition) is 5. The number of halogens is 1. The van der Waals surface area contributed by atoms with E-state index in [9.17, 15) is 9.59 Å². The number of carbonyl (C=O) groups excluding carboxylic acids is 2. The van der Waals surface area contributed by atoms with Crippen LogP contribution < -0.4 is 20.7 Å². The molecule has 162 valence electrons. The second kappa shape index (κ2) is 9.40. The largest absolute Gasteiger partial charge is 0.457 e. The number of aromatic amines is 1. The van der Waals surface area contributed by atoms with E-state index in [0.717, 1.165) is 9.99 Å². The summed E-state index contributed by atoms with van der Waals surface area (Å²) < 4.78 is 11.3. The van der Waals surface area contributed by atoms with Crippen molar-refractivity contribution in [2.24, 2.45) is 0 Å². The second-order valence-corrected chi connectivity index (χ2v) is 7.51. The first kappa shape index (κ1) is 21.2. The van der Waals surface area contributed by atoms with Gasteiger partial charge in [0.1, 0.15) is 11.5 Å². The first-order valence-corrected chi connectivity index (χ1v) is 10.2. The molecular weight excluding hydrogens is 478 g/mol. The van der Waals surface area contributed by atoms with Crippen molar-refractivity contribution in [1.29, 1.82) is 0 Å². The van der Waals surface area contributed by atoms with Gasteiger partial charge in [-0.25, -0.2) is 14.6 Å². The van der Waals surface area contributed by atoms with E-state index in [0.29, 0.717) is 28.4 Å². The topological polar surface area (TPSA) is 117 Å². The molecule has 0 atom stereocenters. The minimum absolute atomic E-state index is 0.278. The summed E-state index contributed by atoms with van der Waals surface area (Å²) in [5.74, 6) is 1.44. The number of nitrogens with zero attached hydrogens (tertiary/aromatic N) is 1. The summed E-state index contributed by atoms with van der Waals surface area (Å²) in [6.45, 7) is 0. The number of methoxy groups -OCH3 is 1. The molecule has 1 aromatic heterocycles. The van der Waals surface area contributed by atoms with Crippen molar-refractivity contribution in [3.05, 3.63) is 71.2 Å². The fourth-order valence-corrected chi connectivity index (χ4v) is 3.26. The maximum atomic E-state index is 12.2. The molecule has 0 saturated carbocycles. The quantitative estimate of drug-likeness (QED) is 0.273. The number of hydrogen-bond donors (Lipinski definition) is 4. The number of amides is 3. The fourth-order valence-electron chi connectivity index (χ4n) is 2.86. The Labute approximate surface area is 191 Å². The van der Waals surface area contributed by atoms with E-state index < -0.39 is 6.09 Å². The number of anilines is 3. The van der Waals surface area contributed by atoms with Crippen LogP contribution in [0.1, 0.15) is 0 Å². The number of ether oxygens (including phenoxy) is 2. The average molecular weight is 496 g/mol. The van der Waals surface area contributed by atoms with E-state index in [1.807, 2.05) is 12.1 Å². The van der Waals surface area contributed by atoms with Gasteiger partial charge in [0, 0.05) is 21.9 Å². The Hall–Kier alpha value is -4.05. The summed E-state index contributed by atoms with van der Waals surface area (Å²) in [7, 11) is 1.28. The lowest BCUT2D eigenvalue weighted by atomic mass is 10.3. The lowest BCUT2D eigenvalue weighted by Crippen LogP contribution is -2.19. The number of H-pyrrole nitrogens is 1. The van der Waals surface area contributed by atoms with Gasteiger partial charge in [0.05, 0.1) is 18.1 Å². The molecule has 0 saturated heterocycles. The summed E-state index contributed by atoms with van der Waals surface area (Å²) in [5.41, 5.74) is 2.65. The summed E-state index contributed by atoms with van der Waals surface area (Å²) in [4.78, 5) is 30.7. The number of urea groups is 1. The van der Waals surface area contributed by atoms with Gasteiger partial charge in [0.2, 0.25) is 5.95 Å². The maximum absolute atomic E-state index is 12.2. The number of carbonyl (C=O) groups is 2. The summed E-state index contributed by atoms with van der Waals surface area (Å²) in [6, 6.07) is 19.2. The van der Waals surface area contributed by atoms with Crippen molar-refractivity contribution in [2.45, 2.75) is 0 Å². The number of fused-ring (bicyclic) bond motifs is 1. The average Bonchev–Trinajstić information content (AvgIpc) is 3.16. The van der Waals surface area contributed by atoms with Crippen LogP contribution in [-0.4, -0.2) is 29.2 Å². The van der Waals surface area contributed by atoms with Crippen LogP contribution in [0.3, 0.4) is 0 Å². The predicted octanol–water partition coefficient (Wildman–Crippen LogP) is 5.94. The van der Waals surface area contributed by atoms with Gasteiger partial charge >= 0.3 is 12.1 Å². The molecule has 10 heteroatoms. The van der Waals surface area contributed by atoms with E-state index in [1.54, 1.807) is 54.6 Å². The highest BCUT2D eigenvalue weighted by Gasteiger charge is 2.09. The zero-order valence-electron chi connectivity index (χ0n) is 16.8. The Balaban J connectivity index is 1.38. The van der Waals surface area contributed by atoms with E-state index in [-0.39, 0.29) is 12.0 Å². The van der Waals surface area contributed by atoms with Crippen LogP contribution in [0.15, 0.2) is 71.2 Å². The normalized spacial score (nSPS) is 10.4. The number of imidazole rings is 1. The molecule has 0 fully saturated rings. The van der Waals surface area contributed by atoms with Gasteiger partial charge in [-0.3, -0.25) is 5.32 Å². The molecule has 0 spiro atoms. The van der Waals surface area contributed by atoms with Crippen molar-refractivity contribution >= 4 is 56.4 Å². The first-order valence-electron chi connectivity index (χ1n) is 9.45. The zero-order valence-corrected chi connectivity index (χ0v) is 18.4. The van der Waals surface area contributed by atoms with E-state index >= 15 is 0 Å². The predicted molar refractivity (Wildman–Crippen MR) is 125 cm³/mol. The van der Waals surface area contributed by atoms with Gasteiger partial charge in [-0.05, 0) is 54.6 Å². The Bertz CT molecular complexity index is 1270. The van der Waals surface area contributed by atoms with E-state index in [4.69, 9.17) is 4.74 Å². The fraction of sp³-hybridized carbons (Fsp3) is 0.0455. The Morgan fingerprint density at radius 1 is 0.906 bits per heavy atom. The lowest BCUT2D eigenvalue weighted by molar-refractivity contribution is 0.186. The molecule has 0 aliphatic carbocycles. The Morgan fingerprint density at radius 3 is 2.41 bits per heavy atom. The highest BCUT2D eigenvalue weighted by atomic mass is 79.9. The summed E-state index contributed by atoms with van der Waals surface area (Å²) >= 11 is 3.37. The molecule has 0 radical (unpaired) electrons. The summed E-state index contributed by atoms with van der Waals surface area (Å²) in [6.07, 6.45) is -0.612. The molecule has 4 aromatic rings. The second-order valence-electron chi connectivity index (χ2n) is 6.60. The van der Waals surface area contributed by atoms with E-state index in [2.05, 4.69) is 46.6 Å². The van der Waals surface area contributed by atoms with Crippen LogP contribution in [0.5, 0.6) is 11.5 Å². The number of rotatable bonds is 5. The molecule has 0 aliphatic heterocycles. The van der Waals surface area contributed by atoms with Gasteiger partial charge in [-0.1, -0.05) is 22.0 Å². The maximum Gasteiger partial charge on any atom is 0.413 e. The van der Waals surface area contributed by atoms with Crippen LogP contribution in [0.2, 0.25) is 0 Å². The standard InChI is InChI=1S/C22H18BrN5O4/c1-31-22(30)28-20-26-18-10-9-17(12-19(18)27-20)32-16-7-5-14(6-8-16)24-21(29)25-15-4-2-3-13(23)11-15/h2-12H,1H3,(H2,24,25,29)(H2,26,27,28,30). The molecule has 9 nitrogen and oxygen atoms in total. The number of aromatic nitrogens is 2. The zero-order chi connectivity index (χ0) is 22.5. The van der Waals surface area contributed by atoms with Crippen LogP contribution in [0.25, 0.3) is 11.0 Å². The van der Waals surface area contributed by atoms with Crippen LogP contribution in [0, 0.1) is 0 Å². The number of nitrogens with one attached hydrogen (secondary N) is 4. The smallest absolute Gasteiger partial charge is 0.413 e. The SMILES string of the molecule is COC(=O)Nc1nc2cc(Oc3ccc(NC(=O)Nc4cccc(Br)c4)cc3)ccc2[nH]1. The minimum atomic E-state index is -0.612. The third-order valence-electron chi connectivity index (χ3n) is 4.29. The van der Waals surface area contributed by atoms with Crippen LogP contribution >= 0.6 is 15.9 Å². The molecule has 4 N–H and O–H groups in total. The molecule has 0 unspecified atom stereocenters. The molecular formula is C22H18BrN5O4. The molecule has 32 heavy (non-hydrogen) atoms. The van der Waals surface area contributed by atoms with Crippen LogP contribution in [0.4, 0.5) is 26.9 Å². The molecule has 4 rings (SSSR count). The van der Waals surface area contributed by atoms with Gasteiger partial charge < -0.3 is 25.1 Å². The van der Waals surface area contributed by atoms with E-state index in [1.165, 1.54) is 7.11 Å². The van der Waals surface area contributed by atoms with Gasteiger partial charge in [-0.15, -0.1) is 0 Å². The third kappa shape index (κ3) is 5.35. The third-order valence-corrected chi connectivity index (χ3v) is 4.78. The number of benzene rings is 3. The Kier molecular flexibility index (Phi) is 6.22. The lowest BCUT2D eigenvalue weighted by Gasteiger charge is -2.09. The summed E-state index contributed by atoms with van der Waals surface area (Å²) in [5, 5.41) is 8.01.